The van der Waals surface area contributed by atoms with E-state index in [-0.39, 0.29) is 22.9 Å². The molecule has 0 fully saturated rings. The van der Waals surface area contributed by atoms with Gasteiger partial charge in [0.05, 0.1) is 18.1 Å². The normalized spacial score (nSPS) is 16.1. The molecule has 0 radical (unpaired) electrons. The lowest BCUT2D eigenvalue weighted by atomic mass is 9.85. The number of benzene rings is 1. The highest BCUT2D eigenvalue weighted by atomic mass is 16.5. The number of nitriles is 1. The number of hydrogen-bond donors (Lipinski definition) is 3. The summed E-state index contributed by atoms with van der Waals surface area (Å²) in [7, 11) is 0. The number of hydrogen-bond acceptors (Lipinski definition) is 6. The molecule has 1 aromatic carbocycles. The molecule has 1 aliphatic rings. The summed E-state index contributed by atoms with van der Waals surface area (Å²) in [4.78, 5) is 28.2. The summed E-state index contributed by atoms with van der Waals surface area (Å²) in [5, 5.41) is 9.43. The smallest absolute Gasteiger partial charge is 0.328 e. The summed E-state index contributed by atoms with van der Waals surface area (Å²) in [5.74, 6) is -0.279. The van der Waals surface area contributed by atoms with Crippen molar-refractivity contribution in [1.29, 1.82) is 5.26 Å². The monoisotopic (exact) mass is 326 g/mol. The summed E-state index contributed by atoms with van der Waals surface area (Å²) < 4.78 is 10.6. The van der Waals surface area contributed by atoms with Crippen molar-refractivity contribution in [2.45, 2.75) is 12.8 Å². The molecule has 2 heterocycles. The minimum absolute atomic E-state index is 0.0564. The van der Waals surface area contributed by atoms with Gasteiger partial charge in [0, 0.05) is 0 Å². The molecule has 1 atom stereocenters. The van der Waals surface area contributed by atoms with Crippen LogP contribution in [0.1, 0.15) is 24.0 Å². The van der Waals surface area contributed by atoms with Crippen LogP contribution in [0, 0.1) is 11.3 Å². The van der Waals surface area contributed by atoms with Crippen LogP contribution < -0.4 is 26.5 Å². The Morgan fingerprint density at radius 1 is 1.29 bits per heavy atom. The van der Waals surface area contributed by atoms with E-state index < -0.39 is 17.2 Å². The van der Waals surface area contributed by atoms with Crippen LogP contribution in [0.15, 0.2) is 45.3 Å². The molecule has 8 heteroatoms. The first-order valence-electron chi connectivity index (χ1n) is 7.22. The molecule has 8 nitrogen and oxygen atoms in total. The van der Waals surface area contributed by atoms with Gasteiger partial charge in [-0.3, -0.25) is 14.8 Å². The Labute approximate surface area is 136 Å². The molecular weight excluding hydrogens is 312 g/mol. The Hall–Kier alpha value is -3.47. The molecule has 24 heavy (non-hydrogen) atoms. The van der Waals surface area contributed by atoms with Crippen molar-refractivity contribution in [2.75, 3.05) is 6.61 Å². The lowest BCUT2D eigenvalue weighted by molar-refractivity contribution is 0.340. The van der Waals surface area contributed by atoms with Gasteiger partial charge in [-0.2, -0.15) is 5.26 Å². The van der Waals surface area contributed by atoms with Crippen LogP contribution in [0.3, 0.4) is 0 Å². The molecule has 0 bridgehead atoms. The molecule has 0 saturated carbocycles. The first-order chi connectivity index (χ1) is 11.5. The number of nitrogens with two attached hydrogens (primary N) is 1. The van der Waals surface area contributed by atoms with Gasteiger partial charge in [0.25, 0.3) is 5.56 Å². The topological polar surface area (TPSA) is 134 Å². The van der Waals surface area contributed by atoms with Crippen molar-refractivity contribution >= 4 is 0 Å². The third-order valence-electron chi connectivity index (χ3n) is 3.64. The van der Waals surface area contributed by atoms with Crippen molar-refractivity contribution in [1.82, 2.24) is 9.97 Å². The number of ether oxygens (including phenoxy) is 2. The average Bonchev–Trinajstić information content (AvgIpc) is 2.54. The highest BCUT2D eigenvalue weighted by Crippen LogP contribution is 2.38. The van der Waals surface area contributed by atoms with E-state index in [4.69, 9.17) is 15.2 Å². The van der Waals surface area contributed by atoms with E-state index in [0.29, 0.717) is 17.9 Å². The van der Waals surface area contributed by atoms with Gasteiger partial charge in [-0.1, -0.05) is 12.1 Å². The van der Waals surface area contributed by atoms with E-state index in [9.17, 15) is 14.9 Å². The van der Waals surface area contributed by atoms with Gasteiger partial charge in [0.2, 0.25) is 11.8 Å². The zero-order valence-electron chi connectivity index (χ0n) is 12.8. The van der Waals surface area contributed by atoms with Crippen LogP contribution in [0.4, 0.5) is 0 Å². The zero-order chi connectivity index (χ0) is 17.3. The number of fused-ring (bicyclic) bond motifs is 1. The van der Waals surface area contributed by atoms with Gasteiger partial charge in [0.1, 0.15) is 17.4 Å². The standard InChI is InChI=1S/C16H14N4O4/c1-2-23-9-5-3-8(4-6-9)11-10(7-17)13(18)24-15-12(11)14(21)19-16(22)20-15/h3-6,11H,2,18H2,1H3,(H2,19,20,21,22)/t11-/m0/s1. The van der Waals surface area contributed by atoms with Crippen LogP contribution in [-0.2, 0) is 0 Å². The predicted octanol–water partition coefficient (Wildman–Crippen LogP) is 0.680. The minimum atomic E-state index is -0.741. The Morgan fingerprint density at radius 3 is 2.62 bits per heavy atom. The Bertz CT molecular complexity index is 963. The first kappa shape index (κ1) is 15.4. The molecular formula is C16H14N4O4. The number of aromatic nitrogens is 2. The average molecular weight is 326 g/mol. The van der Waals surface area contributed by atoms with Gasteiger partial charge < -0.3 is 15.2 Å². The zero-order valence-corrected chi connectivity index (χ0v) is 12.8. The fraction of sp³-hybridized carbons (Fsp3) is 0.188. The van der Waals surface area contributed by atoms with E-state index in [0.717, 1.165) is 0 Å². The van der Waals surface area contributed by atoms with Crippen molar-refractivity contribution in [3.8, 4) is 17.7 Å². The number of aromatic amines is 2. The second-order valence-corrected chi connectivity index (χ2v) is 5.08. The van der Waals surface area contributed by atoms with Gasteiger partial charge in [-0.25, -0.2) is 4.79 Å². The summed E-state index contributed by atoms with van der Waals surface area (Å²) in [5.41, 5.74) is 5.33. The Balaban J connectivity index is 2.20. The lowest BCUT2D eigenvalue weighted by Crippen LogP contribution is -2.33. The minimum Gasteiger partial charge on any atom is -0.494 e. The second-order valence-electron chi connectivity index (χ2n) is 5.08. The molecule has 0 unspecified atom stereocenters. The van der Waals surface area contributed by atoms with Gasteiger partial charge in [0.15, 0.2) is 0 Å². The highest BCUT2D eigenvalue weighted by molar-refractivity contribution is 5.53. The molecule has 0 spiro atoms. The summed E-state index contributed by atoms with van der Waals surface area (Å²) >= 11 is 0. The first-order valence-corrected chi connectivity index (χ1v) is 7.22. The second kappa shape index (κ2) is 5.96. The Kier molecular flexibility index (Phi) is 3.83. The molecule has 0 saturated heterocycles. The fourth-order valence-corrected chi connectivity index (χ4v) is 2.65. The number of H-pyrrole nitrogens is 2. The molecule has 0 aliphatic carbocycles. The van der Waals surface area contributed by atoms with E-state index in [1.54, 1.807) is 24.3 Å². The van der Waals surface area contributed by atoms with Crippen molar-refractivity contribution in [2.24, 2.45) is 5.73 Å². The van der Waals surface area contributed by atoms with Gasteiger partial charge >= 0.3 is 5.69 Å². The van der Waals surface area contributed by atoms with E-state index in [1.165, 1.54) is 0 Å². The number of nitrogens with zero attached hydrogens (tertiary/aromatic N) is 1. The van der Waals surface area contributed by atoms with Crippen molar-refractivity contribution in [3.05, 3.63) is 67.7 Å². The maximum Gasteiger partial charge on any atom is 0.328 e. The fourth-order valence-electron chi connectivity index (χ4n) is 2.65. The number of nitrogens with one attached hydrogen (secondary N) is 2. The maximum atomic E-state index is 12.3. The SMILES string of the molecule is CCOc1ccc([C@H]2C(C#N)=C(N)Oc3[nH]c(=O)[nH]c(=O)c32)cc1. The summed E-state index contributed by atoms with van der Waals surface area (Å²) in [6, 6.07) is 8.92. The summed E-state index contributed by atoms with van der Waals surface area (Å²) in [6.45, 7) is 2.40. The number of allylic oxidation sites excluding steroid dienone is 1. The third kappa shape index (κ3) is 2.52. The van der Waals surface area contributed by atoms with Gasteiger partial charge in [-0.15, -0.1) is 0 Å². The summed E-state index contributed by atoms with van der Waals surface area (Å²) in [6.07, 6.45) is 0. The predicted molar refractivity (Wildman–Crippen MR) is 84.6 cm³/mol. The van der Waals surface area contributed by atoms with E-state index >= 15 is 0 Å². The molecule has 0 amide bonds. The molecule has 1 aromatic heterocycles. The quantitative estimate of drug-likeness (QED) is 0.759. The molecule has 1 aliphatic heterocycles. The van der Waals surface area contributed by atoms with Crippen LogP contribution >= 0.6 is 0 Å². The Morgan fingerprint density at radius 2 is 2.00 bits per heavy atom. The van der Waals surface area contributed by atoms with Crippen LogP contribution in [0.25, 0.3) is 0 Å². The highest BCUT2D eigenvalue weighted by Gasteiger charge is 2.34. The van der Waals surface area contributed by atoms with Gasteiger partial charge in [-0.05, 0) is 24.6 Å². The van der Waals surface area contributed by atoms with E-state index in [1.807, 2.05) is 13.0 Å². The van der Waals surface area contributed by atoms with Crippen LogP contribution in [0.2, 0.25) is 0 Å². The molecule has 3 rings (SSSR count). The maximum absolute atomic E-state index is 12.3. The third-order valence-corrected chi connectivity index (χ3v) is 3.64. The van der Waals surface area contributed by atoms with Crippen molar-refractivity contribution < 1.29 is 9.47 Å². The molecule has 4 N–H and O–H groups in total. The number of rotatable bonds is 3. The van der Waals surface area contributed by atoms with Crippen molar-refractivity contribution in [3.63, 3.8) is 0 Å². The van der Waals surface area contributed by atoms with E-state index in [2.05, 4.69) is 9.97 Å². The molecule has 122 valence electrons. The largest absolute Gasteiger partial charge is 0.494 e. The van der Waals surface area contributed by atoms with Crippen LogP contribution in [-0.4, -0.2) is 16.6 Å². The lowest BCUT2D eigenvalue weighted by Gasteiger charge is -2.24. The molecule has 2 aromatic rings. The van der Waals surface area contributed by atoms with Crippen LogP contribution in [0.5, 0.6) is 11.6 Å².